The lowest BCUT2D eigenvalue weighted by molar-refractivity contribution is 0.0171. The first-order valence-corrected chi connectivity index (χ1v) is 15.8. The van der Waals surface area contributed by atoms with Crippen LogP contribution >= 0.6 is 0 Å². The van der Waals surface area contributed by atoms with Crippen LogP contribution in [0.2, 0.25) is 0 Å². The first-order valence-electron chi connectivity index (χ1n) is 15.8. The Labute approximate surface area is 260 Å². The van der Waals surface area contributed by atoms with Crippen molar-refractivity contribution < 1.29 is 19.4 Å². The summed E-state index contributed by atoms with van der Waals surface area (Å²) in [6.07, 6.45) is 6.56. The van der Waals surface area contributed by atoms with Crippen LogP contribution in [-0.4, -0.2) is 69.4 Å². The number of rotatable bonds is 10. The lowest BCUT2D eigenvalue weighted by atomic mass is 9.95. The summed E-state index contributed by atoms with van der Waals surface area (Å²) in [5, 5.41) is 9.09. The van der Waals surface area contributed by atoms with Gasteiger partial charge in [-0.25, -0.2) is 9.59 Å². The Morgan fingerprint density at radius 3 is 2.27 bits per heavy atom. The van der Waals surface area contributed by atoms with E-state index in [2.05, 4.69) is 29.2 Å². The summed E-state index contributed by atoms with van der Waals surface area (Å²) in [5.74, 6) is -0.175. The molecule has 0 spiro atoms. The molecule has 1 aliphatic heterocycles. The van der Waals surface area contributed by atoms with E-state index in [0.717, 1.165) is 68.4 Å². The van der Waals surface area contributed by atoms with Crippen LogP contribution in [0.15, 0.2) is 71.7 Å². The number of carbonyl (C=O) groups excluding carboxylic acids is 1. The Balaban J connectivity index is 1.15. The molecule has 2 unspecified atom stereocenters. The quantitative estimate of drug-likeness (QED) is 0.299. The Kier molecular flexibility index (Phi) is 9.59. The molecule has 1 saturated heterocycles. The minimum atomic E-state index is -0.894. The molecule has 2 heterocycles. The minimum absolute atomic E-state index is 0.0301. The van der Waals surface area contributed by atoms with Crippen LogP contribution in [0.5, 0.6) is 0 Å². The molecular formula is C36H45N3O5. The van der Waals surface area contributed by atoms with Gasteiger partial charge in [0, 0.05) is 37.8 Å². The van der Waals surface area contributed by atoms with Crippen LogP contribution in [-0.2, 0) is 18.2 Å². The Hall–Kier alpha value is -3.91. The maximum absolute atomic E-state index is 13.4. The zero-order valence-electron chi connectivity index (χ0n) is 26.4. The predicted octanol–water partition coefficient (Wildman–Crippen LogP) is 6.19. The van der Waals surface area contributed by atoms with Crippen LogP contribution in [0.4, 0.5) is 4.79 Å². The molecule has 2 aromatic carbocycles. The minimum Gasteiger partial charge on any atom is -0.478 e. The van der Waals surface area contributed by atoms with Crippen molar-refractivity contribution in [2.75, 3.05) is 26.2 Å². The molecule has 5 rings (SSSR count). The van der Waals surface area contributed by atoms with Gasteiger partial charge in [0.05, 0.1) is 5.56 Å². The smallest absolute Gasteiger partial charge is 0.410 e. The highest BCUT2D eigenvalue weighted by Crippen LogP contribution is 2.46. The van der Waals surface area contributed by atoms with E-state index >= 15 is 0 Å². The van der Waals surface area contributed by atoms with Gasteiger partial charge in [0.1, 0.15) is 5.60 Å². The fraction of sp³-hybridized carbons (Fsp3) is 0.472. The molecule has 1 aliphatic carbocycles. The van der Waals surface area contributed by atoms with Crippen molar-refractivity contribution in [2.45, 2.75) is 70.4 Å². The number of hydrogen-bond donors (Lipinski definition) is 1. The van der Waals surface area contributed by atoms with Crippen LogP contribution in [0.1, 0.15) is 73.9 Å². The largest absolute Gasteiger partial charge is 0.478 e. The van der Waals surface area contributed by atoms with Gasteiger partial charge >= 0.3 is 12.1 Å². The van der Waals surface area contributed by atoms with E-state index in [9.17, 15) is 14.4 Å². The fourth-order valence-corrected chi connectivity index (χ4v) is 6.19. The average Bonchev–Trinajstić information content (AvgIpc) is 3.78. The number of aromatic carboxylic acids is 1. The molecule has 0 bridgehead atoms. The second-order valence-corrected chi connectivity index (χ2v) is 13.4. The number of pyridine rings is 1. The Morgan fingerprint density at radius 1 is 0.977 bits per heavy atom. The number of nitrogens with zero attached hydrogens (tertiary/aromatic N) is 3. The van der Waals surface area contributed by atoms with E-state index in [4.69, 9.17) is 9.84 Å². The molecule has 2 aliphatic rings. The van der Waals surface area contributed by atoms with Gasteiger partial charge in [-0.1, -0.05) is 36.4 Å². The molecule has 8 nitrogen and oxygen atoms in total. The van der Waals surface area contributed by atoms with Crippen molar-refractivity contribution in [2.24, 2.45) is 13.0 Å². The number of aryl methyl sites for hydroxylation is 2. The number of carboxylic acids is 1. The molecule has 3 aromatic rings. The van der Waals surface area contributed by atoms with Gasteiger partial charge in [-0.15, -0.1) is 0 Å². The summed E-state index contributed by atoms with van der Waals surface area (Å²) in [4.78, 5) is 41.1. The molecule has 1 amide bonds. The first-order chi connectivity index (χ1) is 21.0. The lowest BCUT2D eigenvalue weighted by Gasteiger charge is -2.36. The van der Waals surface area contributed by atoms with Crippen molar-refractivity contribution in [1.82, 2.24) is 14.4 Å². The third-order valence-corrected chi connectivity index (χ3v) is 8.86. The van der Waals surface area contributed by atoms with Gasteiger partial charge in [-0.2, -0.15) is 0 Å². The summed E-state index contributed by atoms with van der Waals surface area (Å²) in [6.45, 7) is 9.52. The predicted molar refractivity (Wildman–Crippen MR) is 172 cm³/mol. The second-order valence-electron chi connectivity index (χ2n) is 13.4. The number of carbonyl (C=O) groups is 2. The van der Waals surface area contributed by atoms with Crippen LogP contribution in [0.25, 0.3) is 11.1 Å². The third-order valence-electron chi connectivity index (χ3n) is 8.86. The summed E-state index contributed by atoms with van der Waals surface area (Å²) in [7, 11) is 1.75. The number of amides is 1. The number of likely N-dealkylation sites (tertiary alicyclic amines) is 1. The Bertz CT molecular complexity index is 1500. The van der Waals surface area contributed by atoms with E-state index in [1.807, 2.05) is 43.9 Å². The SMILES string of the molecule is Cn1ccc(-c2ccc(C3CC3N(CC3CCN(CCCc4ccc(C(=O)O)cc4)CC3)C(=O)OC(C)(C)C)cc2)cc1=O. The third kappa shape index (κ3) is 8.17. The highest BCUT2D eigenvalue weighted by molar-refractivity contribution is 5.87. The van der Waals surface area contributed by atoms with Crippen molar-refractivity contribution in [3.63, 3.8) is 0 Å². The maximum atomic E-state index is 13.4. The fourth-order valence-electron chi connectivity index (χ4n) is 6.19. The monoisotopic (exact) mass is 599 g/mol. The van der Waals surface area contributed by atoms with Crippen molar-refractivity contribution in [3.05, 3.63) is 93.9 Å². The molecule has 1 N–H and O–H groups in total. The number of benzene rings is 2. The van der Waals surface area contributed by atoms with Gasteiger partial charge in [0.25, 0.3) is 5.56 Å². The van der Waals surface area contributed by atoms with Crippen LogP contribution in [0.3, 0.4) is 0 Å². The summed E-state index contributed by atoms with van der Waals surface area (Å²) >= 11 is 0. The second kappa shape index (κ2) is 13.4. The van der Waals surface area contributed by atoms with Gasteiger partial charge < -0.3 is 24.2 Å². The molecule has 2 atom stereocenters. The number of piperidine rings is 1. The Morgan fingerprint density at radius 2 is 1.66 bits per heavy atom. The molecular weight excluding hydrogens is 554 g/mol. The molecule has 2 fully saturated rings. The number of carboxylic acid groups (broad SMARTS) is 1. The van der Waals surface area contributed by atoms with Gasteiger partial charge in [-0.3, -0.25) is 4.79 Å². The number of ether oxygens (including phenoxy) is 1. The molecule has 44 heavy (non-hydrogen) atoms. The van der Waals surface area contributed by atoms with E-state index in [-0.39, 0.29) is 23.6 Å². The van der Waals surface area contributed by atoms with E-state index in [1.165, 1.54) is 5.56 Å². The van der Waals surface area contributed by atoms with Crippen molar-refractivity contribution in [3.8, 4) is 11.1 Å². The van der Waals surface area contributed by atoms with Gasteiger partial charge in [0.2, 0.25) is 0 Å². The molecule has 1 aromatic heterocycles. The van der Waals surface area contributed by atoms with Crippen LogP contribution < -0.4 is 5.56 Å². The highest BCUT2D eigenvalue weighted by Gasteiger charge is 2.46. The number of aromatic nitrogens is 1. The summed E-state index contributed by atoms with van der Waals surface area (Å²) < 4.78 is 7.44. The molecule has 8 heteroatoms. The first kappa shape index (κ1) is 31.5. The molecule has 0 radical (unpaired) electrons. The molecule has 1 saturated carbocycles. The van der Waals surface area contributed by atoms with Gasteiger partial charge in [0.15, 0.2) is 0 Å². The van der Waals surface area contributed by atoms with E-state index in [0.29, 0.717) is 18.0 Å². The molecule has 234 valence electrons. The zero-order valence-corrected chi connectivity index (χ0v) is 26.4. The average molecular weight is 600 g/mol. The van der Waals surface area contributed by atoms with Gasteiger partial charge in [-0.05, 0) is 119 Å². The number of hydrogen-bond acceptors (Lipinski definition) is 5. The topological polar surface area (TPSA) is 92.1 Å². The van der Waals surface area contributed by atoms with Crippen molar-refractivity contribution in [1.29, 1.82) is 0 Å². The summed E-state index contributed by atoms with van der Waals surface area (Å²) in [5.41, 5.74) is 4.03. The highest BCUT2D eigenvalue weighted by atomic mass is 16.6. The zero-order chi connectivity index (χ0) is 31.4. The van der Waals surface area contributed by atoms with E-state index in [1.54, 1.807) is 36.0 Å². The normalized spacial score (nSPS) is 19.0. The lowest BCUT2D eigenvalue weighted by Crippen LogP contribution is -2.44. The van der Waals surface area contributed by atoms with Crippen LogP contribution in [0, 0.1) is 5.92 Å². The summed E-state index contributed by atoms with van der Waals surface area (Å²) in [6, 6.07) is 19.3. The standard InChI is InChI=1S/C36H45N3O5/c1-36(2,3)44-35(43)39(32-23-31(32)28-13-11-27(12-14-28)30-17-19-37(4)33(40)22-30)24-26-15-20-38(21-16-26)18-5-6-25-7-9-29(10-8-25)34(41)42/h7-14,17,19,22,26,31-32H,5-6,15-16,18,20-21,23-24H2,1-4H3,(H,41,42). The maximum Gasteiger partial charge on any atom is 0.410 e. The van der Waals surface area contributed by atoms with E-state index < -0.39 is 11.6 Å². The van der Waals surface area contributed by atoms with Crippen molar-refractivity contribution >= 4 is 12.1 Å².